The number of anilines is 1. The molecule has 110 valence electrons. The fraction of sp³-hybridized carbons (Fsp3) is 0.188. The highest BCUT2D eigenvalue weighted by atomic mass is 19.1. The molecule has 1 atom stereocenters. The third kappa shape index (κ3) is 3.58. The molecule has 21 heavy (non-hydrogen) atoms. The number of benzene rings is 2. The zero-order valence-corrected chi connectivity index (χ0v) is 12.0. The maximum Gasteiger partial charge on any atom is 0.251 e. The van der Waals surface area contributed by atoms with E-state index in [2.05, 4.69) is 10.7 Å². The summed E-state index contributed by atoms with van der Waals surface area (Å²) in [5.41, 5.74) is 5.06. The summed E-state index contributed by atoms with van der Waals surface area (Å²) in [5.74, 6) is 4.79. The predicted molar refractivity (Wildman–Crippen MR) is 81.3 cm³/mol. The van der Waals surface area contributed by atoms with Crippen molar-refractivity contribution in [3.8, 4) is 0 Å². The quantitative estimate of drug-likeness (QED) is 0.598. The predicted octanol–water partition coefficient (Wildman–Crippen LogP) is 2.91. The van der Waals surface area contributed by atoms with Gasteiger partial charge in [-0.25, -0.2) is 4.39 Å². The van der Waals surface area contributed by atoms with E-state index in [1.807, 2.05) is 13.0 Å². The number of halogens is 1. The van der Waals surface area contributed by atoms with Crippen molar-refractivity contribution in [3.63, 3.8) is 0 Å². The molecule has 2 aromatic carbocycles. The molecule has 2 aromatic rings. The summed E-state index contributed by atoms with van der Waals surface area (Å²) in [4.78, 5) is 12.1. The highest BCUT2D eigenvalue weighted by Gasteiger charge is 2.12. The summed E-state index contributed by atoms with van der Waals surface area (Å²) in [5, 5.41) is 2.84. The lowest BCUT2D eigenvalue weighted by molar-refractivity contribution is 0.0940. The first kappa shape index (κ1) is 15.0. The fourth-order valence-corrected chi connectivity index (χ4v) is 1.96. The van der Waals surface area contributed by atoms with Crippen molar-refractivity contribution >= 4 is 11.6 Å². The minimum atomic E-state index is -0.278. The Balaban J connectivity index is 2.08. The Morgan fingerprint density at radius 1 is 1.19 bits per heavy atom. The molecule has 0 aliphatic heterocycles. The molecule has 0 aromatic heterocycles. The third-order valence-electron chi connectivity index (χ3n) is 3.36. The molecule has 0 radical (unpaired) electrons. The van der Waals surface area contributed by atoms with Gasteiger partial charge in [0.05, 0.1) is 6.04 Å². The molecule has 2 rings (SSSR count). The van der Waals surface area contributed by atoms with Crippen LogP contribution in [0.15, 0.2) is 42.5 Å². The van der Waals surface area contributed by atoms with E-state index < -0.39 is 0 Å². The van der Waals surface area contributed by atoms with Crippen LogP contribution in [0.1, 0.15) is 34.5 Å². The molecule has 1 amide bonds. The van der Waals surface area contributed by atoms with Crippen LogP contribution in [0.3, 0.4) is 0 Å². The number of hydrogen-bond acceptors (Lipinski definition) is 3. The summed E-state index contributed by atoms with van der Waals surface area (Å²) < 4.78 is 13.6. The van der Waals surface area contributed by atoms with Crippen LogP contribution in [0.4, 0.5) is 10.1 Å². The molecule has 4 N–H and O–H groups in total. The summed E-state index contributed by atoms with van der Waals surface area (Å²) in [7, 11) is 0. The average Bonchev–Trinajstić information content (AvgIpc) is 2.50. The molecule has 0 saturated heterocycles. The van der Waals surface area contributed by atoms with Crippen molar-refractivity contribution in [1.29, 1.82) is 0 Å². The van der Waals surface area contributed by atoms with Gasteiger partial charge in [0.15, 0.2) is 0 Å². The van der Waals surface area contributed by atoms with Crippen molar-refractivity contribution < 1.29 is 9.18 Å². The smallest absolute Gasteiger partial charge is 0.251 e. The minimum absolute atomic E-state index is 0.216. The van der Waals surface area contributed by atoms with E-state index in [1.165, 1.54) is 6.07 Å². The number of aryl methyl sites for hydroxylation is 1. The Hall–Kier alpha value is -2.40. The van der Waals surface area contributed by atoms with E-state index in [0.717, 1.165) is 11.3 Å². The second-order valence-corrected chi connectivity index (χ2v) is 4.93. The lowest BCUT2D eigenvalue weighted by Gasteiger charge is -2.15. The zero-order valence-electron chi connectivity index (χ0n) is 12.0. The zero-order chi connectivity index (χ0) is 15.4. The van der Waals surface area contributed by atoms with E-state index in [-0.39, 0.29) is 17.8 Å². The van der Waals surface area contributed by atoms with Crippen LogP contribution in [0.25, 0.3) is 0 Å². The van der Waals surface area contributed by atoms with E-state index in [1.54, 1.807) is 37.3 Å². The van der Waals surface area contributed by atoms with E-state index in [4.69, 9.17) is 5.84 Å². The molecule has 0 saturated carbocycles. The summed E-state index contributed by atoms with van der Waals surface area (Å²) >= 11 is 0. The van der Waals surface area contributed by atoms with Crippen LogP contribution in [0, 0.1) is 12.7 Å². The standard InChI is InChI=1S/C16H18FN3O/c1-10-3-4-13(9-15(10)17)11(2)19-16(21)12-5-7-14(20-18)8-6-12/h3-9,11,20H,18H2,1-2H3,(H,19,21). The largest absolute Gasteiger partial charge is 0.346 e. The molecular formula is C16H18FN3O. The van der Waals surface area contributed by atoms with Gasteiger partial charge >= 0.3 is 0 Å². The Kier molecular flexibility index (Phi) is 4.55. The molecule has 0 aliphatic carbocycles. The highest BCUT2D eigenvalue weighted by molar-refractivity contribution is 5.94. The molecule has 0 heterocycles. The Morgan fingerprint density at radius 3 is 2.43 bits per heavy atom. The maximum absolute atomic E-state index is 13.6. The van der Waals surface area contributed by atoms with E-state index in [0.29, 0.717) is 11.1 Å². The lowest BCUT2D eigenvalue weighted by atomic mass is 10.1. The number of nitrogens with one attached hydrogen (secondary N) is 2. The fourth-order valence-electron chi connectivity index (χ4n) is 1.96. The number of amides is 1. The Morgan fingerprint density at radius 2 is 1.86 bits per heavy atom. The number of nitrogen functional groups attached to an aromatic ring is 1. The molecule has 0 spiro atoms. The van der Waals surface area contributed by atoms with Crippen LogP contribution in [0.5, 0.6) is 0 Å². The van der Waals surface area contributed by atoms with Gasteiger partial charge in [-0.2, -0.15) is 0 Å². The SMILES string of the molecule is Cc1ccc(C(C)NC(=O)c2ccc(NN)cc2)cc1F. The van der Waals surface area contributed by atoms with Crippen LogP contribution in [-0.2, 0) is 0 Å². The van der Waals surface area contributed by atoms with Gasteiger partial charge in [0.1, 0.15) is 5.82 Å². The number of hydrazine groups is 1. The van der Waals surface area contributed by atoms with Gasteiger partial charge in [-0.3, -0.25) is 10.6 Å². The van der Waals surface area contributed by atoms with Gasteiger partial charge in [0, 0.05) is 11.3 Å². The van der Waals surface area contributed by atoms with Gasteiger partial charge in [0.25, 0.3) is 5.91 Å². The third-order valence-corrected chi connectivity index (χ3v) is 3.36. The topological polar surface area (TPSA) is 67.2 Å². The first-order valence-electron chi connectivity index (χ1n) is 6.65. The number of carbonyl (C=O) groups excluding carboxylic acids is 1. The van der Waals surface area contributed by atoms with Gasteiger partial charge in [-0.05, 0) is 55.3 Å². The van der Waals surface area contributed by atoms with E-state index in [9.17, 15) is 9.18 Å². The highest BCUT2D eigenvalue weighted by Crippen LogP contribution is 2.17. The molecule has 4 nitrogen and oxygen atoms in total. The monoisotopic (exact) mass is 287 g/mol. The van der Waals surface area contributed by atoms with Crippen LogP contribution >= 0.6 is 0 Å². The molecule has 5 heteroatoms. The van der Waals surface area contributed by atoms with Crippen LogP contribution < -0.4 is 16.6 Å². The summed E-state index contributed by atoms with van der Waals surface area (Å²) in [6.45, 7) is 3.52. The minimum Gasteiger partial charge on any atom is -0.346 e. The van der Waals surface area contributed by atoms with Crippen molar-refractivity contribution in [2.75, 3.05) is 5.43 Å². The second kappa shape index (κ2) is 6.37. The average molecular weight is 287 g/mol. The van der Waals surface area contributed by atoms with Gasteiger partial charge in [-0.1, -0.05) is 12.1 Å². The molecule has 0 aliphatic rings. The normalized spacial score (nSPS) is 11.8. The Labute approximate surface area is 123 Å². The van der Waals surface area contributed by atoms with Crippen molar-refractivity contribution in [1.82, 2.24) is 5.32 Å². The number of rotatable bonds is 4. The molecule has 0 fully saturated rings. The first-order valence-corrected chi connectivity index (χ1v) is 6.65. The number of nitrogens with two attached hydrogens (primary N) is 1. The number of carbonyl (C=O) groups is 1. The van der Waals surface area contributed by atoms with Crippen molar-refractivity contribution in [2.45, 2.75) is 19.9 Å². The lowest BCUT2D eigenvalue weighted by Crippen LogP contribution is -2.26. The summed E-state index contributed by atoms with van der Waals surface area (Å²) in [6.07, 6.45) is 0. The summed E-state index contributed by atoms with van der Waals surface area (Å²) in [6, 6.07) is 11.5. The van der Waals surface area contributed by atoms with Crippen molar-refractivity contribution in [2.24, 2.45) is 5.84 Å². The van der Waals surface area contributed by atoms with Gasteiger partial charge in [-0.15, -0.1) is 0 Å². The maximum atomic E-state index is 13.6. The molecule has 0 bridgehead atoms. The number of hydrogen-bond donors (Lipinski definition) is 3. The molecule has 1 unspecified atom stereocenters. The molecular weight excluding hydrogens is 269 g/mol. The first-order chi connectivity index (χ1) is 10.0. The van der Waals surface area contributed by atoms with E-state index >= 15 is 0 Å². The second-order valence-electron chi connectivity index (χ2n) is 4.93. The van der Waals surface area contributed by atoms with Crippen LogP contribution in [0.2, 0.25) is 0 Å². The van der Waals surface area contributed by atoms with Crippen molar-refractivity contribution in [3.05, 3.63) is 65.0 Å². The Bertz CT molecular complexity index is 640. The van der Waals surface area contributed by atoms with Gasteiger partial charge in [0.2, 0.25) is 0 Å². The van der Waals surface area contributed by atoms with Gasteiger partial charge < -0.3 is 10.7 Å². The van der Waals surface area contributed by atoms with Crippen LogP contribution in [-0.4, -0.2) is 5.91 Å².